The number of rotatable bonds is 4. The number of aryl methyl sites for hydroxylation is 1. The van der Waals surface area contributed by atoms with Crippen LogP contribution in [0.3, 0.4) is 0 Å². The molecule has 0 spiro atoms. The number of carbonyl (C=O) groups is 1. The minimum Gasteiger partial charge on any atom is -0.469 e. The van der Waals surface area contributed by atoms with Crippen LogP contribution in [0.4, 0.5) is 0 Å². The summed E-state index contributed by atoms with van der Waals surface area (Å²) in [6.07, 6.45) is 1.04. The van der Waals surface area contributed by atoms with Crippen molar-refractivity contribution in [3.8, 4) is 0 Å². The molecule has 0 bridgehead atoms. The molecule has 0 radical (unpaired) electrons. The molecule has 0 atom stereocenters. The standard InChI is InChI=1S/C13H16O2/c1-10-4-7-12(8-5-10)11(2)6-9-13(14)15-3/h4-5,7-8H,2,6,9H2,1,3H3. The van der Waals surface area contributed by atoms with E-state index in [1.165, 1.54) is 12.7 Å². The number of carbonyl (C=O) groups excluding carboxylic acids is 1. The smallest absolute Gasteiger partial charge is 0.305 e. The van der Waals surface area contributed by atoms with Crippen LogP contribution in [0.15, 0.2) is 30.8 Å². The van der Waals surface area contributed by atoms with Gasteiger partial charge < -0.3 is 4.74 Å². The quantitative estimate of drug-likeness (QED) is 0.705. The Bertz CT molecular complexity index is 349. The monoisotopic (exact) mass is 204 g/mol. The minimum atomic E-state index is -0.191. The molecule has 2 nitrogen and oxygen atoms in total. The SMILES string of the molecule is C=C(CCC(=O)OC)c1ccc(C)cc1. The van der Waals surface area contributed by atoms with Gasteiger partial charge in [-0.3, -0.25) is 4.79 Å². The van der Waals surface area contributed by atoms with Gasteiger partial charge in [0, 0.05) is 6.42 Å². The topological polar surface area (TPSA) is 26.3 Å². The van der Waals surface area contributed by atoms with Gasteiger partial charge in [-0.15, -0.1) is 0 Å². The summed E-state index contributed by atoms with van der Waals surface area (Å²) in [5.74, 6) is -0.191. The summed E-state index contributed by atoms with van der Waals surface area (Å²) < 4.78 is 4.58. The predicted octanol–water partition coefficient (Wildman–Crippen LogP) is 2.96. The summed E-state index contributed by atoms with van der Waals surface area (Å²) in [4.78, 5) is 10.9. The minimum absolute atomic E-state index is 0.191. The van der Waals surface area contributed by atoms with Gasteiger partial charge in [0.1, 0.15) is 0 Å². The number of esters is 1. The average Bonchev–Trinajstić information content (AvgIpc) is 2.26. The predicted molar refractivity (Wildman–Crippen MR) is 61.5 cm³/mol. The van der Waals surface area contributed by atoms with E-state index in [4.69, 9.17) is 0 Å². The number of allylic oxidation sites excluding steroid dienone is 1. The van der Waals surface area contributed by atoms with E-state index in [-0.39, 0.29) is 5.97 Å². The molecule has 0 aliphatic rings. The number of hydrogen-bond donors (Lipinski definition) is 0. The van der Waals surface area contributed by atoms with Crippen molar-refractivity contribution in [2.45, 2.75) is 19.8 Å². The Hall–Kier alpha value is -1.57. The summed E-state index contributed by atoms with van der Waals surface area (Å²) in [5.41, 5.74) is 3.28. The van der Waals surface area contributed by atoms with E-state index in [2.05, 4.69) is 11.3 Å². The summed E-state index contributed by atoms with van der Waals surface area (Å²) >= 11 is 0. The molecule has 0 saturated carbocycles. The molecule has 0 N–H and O–H groups in total. The van der Waals surface area contributed by atoms with Gasteiger partial charge in [-0.2, -0.15) is 0 Å². The molecule has 0 saturated heterocycles. The molecule has 80 valence electrons. The summed E-state index contributed by atoms with van der Waals surface area (Å²) in [6, 6.07) is 8.13. The largest absolute Gasteiger partial charge is 0.469 e. The van der Waals surface area contributed by atoms with Gasteiger partial charge in [0.2, 0.25) is 0 Å². The van der Waals surface area contributed by atoms with E-state index < -0.39 is 0 Å². The van der Waals surface area contributed by atoms with Gasteiger partial charge in [0.05, 0.1) is 7.11 Å². The highest BCUT2D eigenvalue weighted by Gasteiger charge is 2.03. The van der Waals surface area contributed by atoms with Gasteiger partial charge in [-0.1, -0.05) is 36.4 Å². The molecule has 0 aromatic heterocycles. The van der Waals surface area contributed by atoms with E-state index in [1.807, 2.05) is 31.2 Å². The third kappa shape index (κ3) is 3.58. The summed E-state index contributed by atoms with van der Waals surface area (Å²) in [5, 5.41) is 0. The Labute approximate surface area is 90.6 Å². The maximum atomic E-state index is 10.9. The van der Waals surface area contributed by atoms with Crippen LogP contribution in [0.5, 0.6) is 0 Å². The number of benzene rings is 1. The fourth-order valence-corrected chi connectivity index (χ4v) is 1.29. The molecule has 0 heterocycles. The first-order valence-electron chi connectivity index (χ1n) is 4.95. The van der Waals surface area contributed by atoms with Crippen LogP contribution in [0, 0.1) is 6.92 Å². The first-order chi connectivity index (χ1) is 7.13. The van der Waals surface area contributed by atoms with Crippen molar-refractivity contribution >= 4 is 11.5 Å². The molecular weight excluding hydrogens is 188 g/mol. The molecule has 0 amide bonds. The second-order valence-electron chi connectivity index (χ2n) is 3.55. The van der Waals surface area contributed by atoms with Crippen LogP contribution in [-0.4, -0.2) is 13.1 Å². The van der Waals surface area contributed by atoms with Gasteiger partial charge in [-0.25, -0.2) is 0 Å². The first-order valence-corrected chi connectivity index (χ1v) is 4.95. The zero-order chi connectivity index (χ0) is 11.3. The molecule has 0 aliphatic heterocycles. The molecule has 1 rings (SSSR count). The van der Waals surface area contributed by atoms with E-state index in [0.717, 1.165) is 11.1 Å². The molecule has 15 heavy (non-hydrogen) atoms. The fraction of sp³-hybridized carbons (Fsp3) is 0.308. The Morgan fingerprint density at radius 1 is 1.27 bits per heavy atom. The molecule has 1 aromatic rings. The lowest BCUT2D eigenvalue weighted by Crippen LogP contribution is -1.99. The van der Waals surface area contributed by atoms with Crippen LogP contribution in [0.1, 0.15) is 24.0 Å². The summed E-state index contributed by atoms with van der Waals surface area (Å²) in [7, 11) is 1.40. The van der Waals surface area contributed by atoms with E-state index in [0.29, 0.717) is 12.8 Å². The number of ether oxygens (including phenoxy) is 1. The van der Waals surface area contributed by atoms with Crippen molar-refractivity contribution in [1.82, 2.24) is 0 Å². The van der Waals surface area contributed by atoms with Crippen LogP contribution in [0.2, 0.25) is 0 Å². The van der Waals surface area contributed by atoms with E-state index >= 15 is 0 Å². The van der Waals surface area contributed by atoms with Crippen molar-refractivity contribution in [3.05, 3.63) is 42.0 Å². The van der Waals surface area contributed by atoms with Crippen molar-refractivity contribution in [2.24, 2.45) is 0 Å². The van der Waals surface area contributed by atoms with Crippen molar-refractivity contribution in [3.63, 3.8) is 0 Å². The lowest BCUT2D eigenvalue weighted by molar-refractivity contribution is -0.140. The number of methoxy groups -OCH3 is 1. The van der Waals surface area contributed by atoms with Crippen LogP contribution in [-0.2, 0) is 9.53 Å². The normalized spacial score (nSPS) is 9.73. The Morgan fingerprint density at radius 3 is 2.40 bits per heavy atom. The van der Waals surface area contributed by atoms with Crippen LogP contribution in [0.25, 0.3) is 5.57 Å². The Morgan fingerprint density at radius 2 is 1.87 bits per heavy atom. The zero-order valence-corrected chi connectivity index (χ0v) is 9.25. The molecular formula is C13H16O2. The highest BCUT2D eigenvalue weighted by molar-refractivity contribution is 5.73. The van der Waals surface area contributed by atoms with Gasteiger partial charge >= 0.3 is 5.97 Å². The Balaban J connectivity index is 2.54. The fourth-order valence-electron chi connectivity index (χ4n) is 1.29. The lowest BCUT2D eigenvalue weighted by Gasteiger charge is -2.05. The Kier molecular flexibility index (Phi) is 4.10. The van der Waals surface area contributed by atoms with Gasteiger partial charge in [-0.05, 0) is 24.5 Å². The molecule has 0 aliphatic carbocycles. The number of hydrogen-bond acceptors (Lipinski definition) is 2. The van der Waals surface area contributed by atoms with Crippen molar-refractivity contribution in [1.29, 1.82) is 0 Å². The average molecular weight is 204 g/mol. The molecule has 0 unspecified atom stereocenters. The second-order valence-corrected chi connectivity index (χ2v) is 3.55. The van der Waals surface area contributed by atoms with E-state index in [1.54, 1.807) is 0 Å². The third-order valence-electron chi connectivity index (χ3n) is 2.32. The van der Waals surface area contributed by atoms with Crippen molar-refractivity contribution in [2.75, 3.05) is 7.11 Å². The van der Waals surface area contributed by atoms with Gasteiger partial charge in [0.15, 0.2) is 0 Å². The molecule has 0 fully saturated rings. The molecule has 2 heteroatoms. The first kappa shape index (κ1) is 11.5. The summed E-state index contributed by atoms with van der Waals surface area (Å²) in [6.45, 7) is 6.00. The maximum Gasteiger partial charge on any atom is 0.305 e. The third-order valence-corrected chi connectivity index (χ3v) is 2.32. The molecule has 1 aromatic carbocycles. The lowest BCUT2D eigenvalue weighted by atomic mass is 10.0. The highest BCUT2D eigenvalue weighted by atomic mass is 16.5. The van der Waals surface area contributed by atoms with Crippen LogP contribution < -0.4 is 0 Å². The maximum absolute atomic E-state index is 10.9. The van der Waals surface area contributed by atoms with Crippen molar-refractivity contribution < 1.29 is 9.53 Å². The zero-order valence-electron chi connectivity index (χ0n) is 9.25. The van der Waals surface area contributed by atoms with Crippen LogP contribution >= 0.6 is 0 Å². The second kappa shape index (κ2) is 5.35. The van der Waals surface area contributed by atoms with Gasteiger partial charge in [0.25, 0.3) is 0 Å². The van der Waals surface area contributed by atoms with E-state index in [9.17, 15) is 4.79 Å². The highest BCUT2D eigenvalue weighted by Crippen LogP contribution is 2.18.